The van der Waals surface area contributed by atoms with Gasteiger partial charge >= 0.3 is 0 Å². The summed E-state index contributed by atoms with van der Waals surface area (Å²) in [7, 11) is 0. The van der Waals surface area contributed by atoms with Gasteiger partial charge in [0.2, 0.25) is 5.91 Å². The van der Waals surface area contributed by atoms with E-state index in [4.69, 9.17) is 11.6 Å². The van der Waals surface area contributed by atoms with E-state index in [1.54, 1.807) is 6.07 Å². The number of carbonyl (C=O) groups excluding carboxylic acids is 2. The molecule has 2 amide bonds. The number of amides is 2. The average Bonchev–Trinajstić information content (AvgIpc) is 2.70. The third-order valence-electron chi connectivity index (χ3n) is 1.85. The highest BCUT2D eigenvalue weighted by molar-refractivity contribution is 7.13. The Hall–Kier alpha value is -1.33. The van der Waals surface area contributed by atoms with E-state index in [0.29, 0.717) is 9.91 Å². The maximum atomic E-state index is 11.6. The van der Waals surface area contributed by atoms with Crippen LogP contribution in [0.1, 0.15) is 14.5 Å². The van der Waals surface area contributed by atoms with Crippen molar-refractivity contribution in [2.45, 2.75) is 6.92 Å². The molecular weight excluding hydrogens is 260 g/mol. The lowest BCUT2D eigenvalue weighted by atomic mass is 10.4. The van der Waals surface area contributed by atoms with E-state index in [-0.39, 0.29) is 24.9 Å². The number of nitrogens with one attached hydrogen (secondary N) is 2. The zero-order valence-electron chi connectivity index (χ0n) is 9.38. The summed E-state index contributed by atoms with van der Waals surface area (Å²) in [5.41, 5.74) is 0. The van der Waals surface area contributed by atoms with E-state index < -0.39 is 0 Å². The van der Waals surface area contributed by atoms with Gasteiger partial charge in [-0.05, 0) is 19.1 Å². The van der Waals surface area contributed by atoms with E-state index >= 15 is 0 Å². The van der Waals surface area contributed by atoms with E-state index in [1.165, 1.54) is 11.3 Å². The molecule has 0 aliphatic carbocycles. The van der Waals surface area contributed by atoms with Crippen LogP contribution in [-0.4, -0.2) is 24.9 Å². The van der Waals surface area contributed by atoms with Crippen LogP contribution in [0, 0.1) is 6.92 Å². The predicted molar refractivity (Wildman–Crippen MR) is 69.4 cm³/mol. The second-order valence-electron chi connectivity index (χ2n) is 3.39. The van der Waals surface area contributed by atoms with Gasteiger partial charge < -0.3 is 10.6 Å². The predicted octanol–water partition coefficient (Wildman–Crippen LogP) is 1.66. The molecule has 1 aromatic rings. The smallest absolute Gasteiger partial charge is 0.261 e. The van der Waals surface area contributed by atoms with E-state index in [1.807, 2.05) is 13.0 Å². The first-order valence-corrected chi connectivity index (χ1v) is 6.13. The summed E-state index contributed by atoms with van der Waals surface area (Å²) in [6, 6.07) is 3.59. The highest BCUT2D eigenvalue weighted by Crippen LogP contribution is 2.14. The van der Waals surface area contributed by atoms with Gasteiger partial charge in [-0.3, -0.25) is 9.59 Å². The molecule has 0 saturated carbocycles. The van der Waals surface area contributed by atoms with Crippen LogP contribution in [0.4, 0.5) is 0 Å². The average molecular weight is 273 g/mol. The van der Waals surface area contributed by atoms with Crippen molar-refractivity contribution in [2.75, 3.05) is 13.1 Å². The van der Waals surface area contributed by atoms with E-state index in [0.717, 1.165) is 4.88 Å². The first-order valence-electron chi connectivity index (χ1n) is 4.93. The minimum absolute atomic E-state index is 0.0695. The summed E-state index contributed by atoms with van der Waals surface area (Å²) < 4.78 is 0. The summed E-state index contributed by atoms with van der Waals surface area (Å²) in [4.78, 5) is 24.5. The maximum Gasteiger partial charge on any atom is 0.261 e. The number of hydrogen-bond acceptors (Lipinski definition) is 3. The molecule has 4 nitrogen and oxygen atoms in total. The molecular formula is C11H13ClN2O2S. The molecule has 1 aromatic heterocycles. The molecule has 1 rings (SSSR count). The first-order chi connectivity index (χ1) is 7.99. The third-order valence-corrected chi connectivity index (χ3v) is 2.98. The second kappa shape index (κ2) is 6.42. The minimum atomic E-state index is -0.298. The third kappa shape index (κ3) is 5.01. The topological polar surface area (TPSA) is 58.2 Å². The van der Waals surface area contributed by atoms with Crippen molar-refractivity contribution < 1.29 is 9.59 Å². The largest absolute Gasteiger partial charge is 0.350 e. The van der Waals surface area contributed by atoms with Crippen molar-refractivity contribution in [3.05, 3.63) is 33.5 Å². The van der Waals surface area contributed by atoms with Gasteiger partial charge in [0, 0.05) is 9.91 Å². The molecule has 0 radical (unpaired) electrons. The Labute approximate surface area is 109 Å². The van der Waals surface area contributed by atoms with Crippen LogP contribution < -0.4 is 10.6 Å². The number of rotatable bonds is 5. The van der Waals surface area contributed by atoms with Crippen molar-refractivity contribution in [3.63, 3.8) is 0 Å². The molecule has 1 heterocycles. The minimum Gasteiger partial charge on any atom is -0.350 e. The Morgan fingerprint density at radius 2 is 2.06 bits per heavy atom. The molecule has 0 atom stereocenters. The van der Waals surface area contributed by atoms with Crippen molar-refractivity contribution in [1.82, 2.24) is 10.6 Å². The van der Waals surface area contributed by atoms with Crippen LogP contribution in [0.3, 0.4) is 0 Å². The SMILES string of the molecule is C=C(Cl)CNC(=O)CNC(=O)c1ccc(C)s1. The van der Waals surface area contributed by atoms with Gasteiger partial charge in [-0.25, -0.2) is 0 Å². The zero-order chi connectivity index (χ0) is 12.8. The summed E-state index contributed by atoms with van der Waals surface area (Å²) in [5, 5.41) is 5.38. The fourth-order valence-corrected chi connectivity index (χ4v) is 1.91. The van der Waals surface area contributed by atoms with Crippen LogP contribution in [0.2, 0.25) is 0 Å². The van der Waals surface area contributed by atoms with Crippen molar-refractivity contribution in [3.8, 4) is 0 Å². The summed E-state index contributed by atoms with van der Waals surface area (Å²) in [6.07, 6.45) is 0. The lowest BCUT2D eigenvalue weighted by molar-refractivity contribution is -0.119. The van der Waals surface area contributed by atoms with E-state index in [2.05, 4.69) is 17.2 Å². The Kier molecular flexibility index (Phi) is 5.18. The Bertz CT molecular complexity index is 442. The molecule has 0 fully saturated rings. The van der Waals surface area contributed by atoms with Gasteiger partial charge in [-0.1, -0.05) is 18.2 Å². The number of halogens is 1. The molecule has 92 valence electrons. The fraction of sp³-hybridized carbons (Fsp3) is 0.273. The highest BCUT2D eigenvalue weighted by Gasteiger charge is 2.09. The molecule has 0 bridgehead atoms. The molecule has 2 N–H and O–H groups in total. The molecule has 0 spiro atoms. The molecule has 0 unspecified atom stereocenters. The monoisotopic (exact) mass is 272 g/mol. The Morgan fingerprint density at radius 1 is 1.35 bits per heavy atom. The van der Waals surface area contributed by atoms with Crippen molar-refractivity contribution >= 4 is 34.8 Å². The van der Waals surface area contributed by atoms with Gasteiger partial charge in [0.25, 0.3) is 5.91 Å². The van der Waals surface area contributed by atoms with Gasteiger partial charge in [0.1, 0.15) is 0 Å². The molecule has 0 aromatic carbocycles. The molecule has 0 saturated heterocycles. The van der Waals surface area contributed by atoms with Crippen LogP contribution in [0.25, 0.3) is 0 Å². The number of aryl methyl sites for hydroxylation is 1. The van der Waals surface area contributed by atoms with Gasteiger partial charge in [-0.15, -0.1) is 11.3 Å². The number of hydrogen-bond donors (Lipinski definition) is 2. The number of carbonyl (C=O) groups is 2. The summed E-state index contributed by atoms with van der Waals surface area (Å²) in [6.45, 7) is 5.49. The van der Waals surface area contributed by atoms with Crippen LogP contribution in [0.5, 0.6) is 0 Å². The molecule has 0 aliphatic rings. The van der Waals surface area contributed by atoms with Gasteiger partial charge in [0.15, 0.2) is 0 Å². The lowest BCUT2D eigenvalue weighted by Crippen LogP contribution is -2.37. The fourth-order valence-electron chi connectivity index (χ4n) is 1.06. The summed E-state index contributed by atoms with van der Waals surface area (Å²) >= 11 is 6.88. The lowest BCUT2D eigenvalue weighted by Gasteiger charge is -2.04. The van der Waals surface area contributed by atoms with Gasteiger partial charge in [0.05, 0.1) is 18.0 Å². The van der Waals surface area contributed by atoms with E-state index in [9.17, 15) is 9.59 Å². The molecule has 0 aliphatic heterocycles. The highest BCUT2D eigenvalue weighted by atomic mass is 35.5. The van der Waals surface area contributed by atoms with Crippen LogP contribution in [0.15, 0.2) is 23.7 Å². The maximum absolute atomic E-state index is 11.6. The normalized spacial score (nSPS) is 9.76. The summed E-state index contributed by atoms with van der Waals surface area (Å²) in [5.74, 6) is -0.545. The van der Waals surface area contributed by atoms with Gasteiger partial charge in [-0.2, -0.15) is 0 Å². The standard InChI is InChI=1S/C11H13ClN2O2S/c1-7(12)5-13-10(15)6-14-11(16)9-4-3-8(2)17-9/h3-4H,1,5-6H2,2H3,(H,13,15)(H,14,16). The van der Waals surface area contributed by atoms with Crippen LogP contribution >= 0.6 is 22.9 Å². The Balaban J connectivity index is 2.33. The Morgan fingerprint density at radius 3 is 2.59 bits per heavy atom. The first kappa shape index (κ1) is 13.7. The number of thiophene rings is 1. The quantitative estimate of drug-likeness (QED) is 0.856. The zero-order valence-corrected chi connectivity index (χ0v) is 11.0. The molecule has 6 heteroatoms. The van der Waals surface area contributed by atoms with Crippen LogP contribution in [-0.2, 0) is 4.79 Å². The van der Waals surface area contributed by atoms with Crippen molar-refractivity contribution in [2.24, 2.45) is 0 Å². The molecule has 17 heavy (non-hydrogen) atoms. The second-order valence-corrected chi connectivity index (χ2v) is 5.21. The van der Waals surface area contributed by atoms with Crippen molar-refractivity contribution in [1.29, 1.82) is 0 Å².